The van der Waals surface area contributed by atoms with Gasteiger partial charge in [-0.15, -0.1) is 0 Å². The highest BCUT2D eigenvalue weighted by molar-refractivity contribution is 6.03. The van der Waals surface area contributed by atoms with E-state index in [1.807, 2.05) is 17.0 Å². The lowest BCUT2D eigenvalue weighted by Crippen LogP contribution is -2.39. The van der Waals surface area contributed by atoms with Gasteiger partial charge < -0.3 is 15.4 Å². The van der Waals surface area contributed by atoms with Gasteiger partial charge in [0.25, 0.3) is 5.91 Å². The first-order chi connectivity index (χ1) is 8.27. The third kappa shape index (κ3) is 1.69. The topological polar surface area (TPSA) is 55.6 Å². The number of amides is 1. The van der Waals surface area contributed by atoms with Crippen molar-refractivity contribution in [3.05, 3.63) is 29.3 Å². The summed E-state index contributed by atoms with van der Waals surface area (Å²) in [5.41, 5.74) is 8.25. The molecule has 2 heterocycles. The normalized spacial score (nSPS) is 20.7. The second-order valence-corrected chi connectivity index (χ2v) is 4.66. The van der Waals surface area contributed by atoms with Crippen molar-refractivity contribution in [2.24, 2.45) is 0 Å². The second-order valence-electron chi connectivity index (χ2n) is 4.66. The number of fused-ring (bicyclic) bond motifs is 1. The first-order valence-electron chi connectivity index (χ1n) is 6.03. The summed E-state index contributed by atoms with van der Waals surface area (Å²) in [6, 6.07) is 6.00. The first kappa shape index (κ1) is 10.6. The van der Waals surface area contributed by atoms with Gasteiger partial charge in [0.1, 0.15) is 0 Å². The quantitative estimate of drug-likeness (QED) is 0.745. The molecule has 17 heavy (non-hydrogen) atoms. The number of ether oxygens (including phenoxy) is 1. The molecule has 90 valence electrons. The second kappa shape index (κ2) is 4.04. The van der Waals surface area contributed by atoms with Crippen LogP contribution < -0.4 is 5.73 Å². The molecule has 0 radical (unpaired) electrons. The largest absolute Gasteiger partial charge is 0.398 e. The summed E-state index contributed by atoms with van der Waals surface area (Å²) in [5, 5.41) is 0. The van der Waals surface area contributed by atoms with E-state index in [2.05, 4.69) is 0 Å². The van der Waals surface area contributed by atoms with Gasteiger partial charge in [0.15, 0.2) is 0 Å². The summed E-state index contributed by atoms with van der Waals surface area (Å²) in [6.45, 7) is 2.20. The maximum Gasteiger partial charge on any atom is 0.256 e. The Morgan fingerprint density at radius 2 is 2.06 bits per heavy atom. The summed E-state index contributed by atoms with van der Waals surface area (Å²) in [7, 11) is 0. The molecule has 4 nitrogen and oxygen atoms in total. The molecule has 1 saturated heterocycles. The SMILES string of the molecule is Nc1cccc2c1C(=O)N(C1CCOCC1)C2. The smallest absolute Gasteiger partial charge is 0.256 e. The first-order valence-corrected chi connectivity index (χ1v) is 6.03. The van der Waals surface area contributed by atoms with Gasteiger partial charge in [-0.1, -0.05) is 12.1 Å². The fourth-order valence-electron chi connectivity index (χ4n) is 2.70. The Bertz CT molecular complexity index is 453. The lowest BCUT2D eigenvalue weighted by molar-refractivity contribution is 0.0304. The van der Waals surface area contributed by atoms with Crippen LogP contribution in [0.2, 0.25) is 0 Å². The zero-order valence-corrected chi connectivity index (χ0v) is 9.69. The van der Waals surface area contributed by atoms with Crippen molar-refractivity contribution in [1.29, 1.82) is 0 Å². The minimum Gasteiger partial charge on any atom is -0.398 e. The molecule has 1 aromatic carbocycles. The highest BCUT2D eigenvalue weighted by Gasteiger charge is 2.34. The van der Waals surface area contributed by atoms with E-state index in [1.165, 1.54) is 0 Å². The highest BCUT2D eigenvalue weighted by atomic mass is 16.5. The Morgan fingerprint density at radius 3 is 2.76 bits per heavy atom. The van der Waals surface area contributed by atoms with Crippen LogP contribution in [0.3, 0.4) is 0 Å². The fourth-order valence-corrected chi connectivity index (χ4v) is 2.70. The van der Waals surface area contributed by atoms with Crippen LogP contribution in [0.25, 0.3) is 0 Å². The molecule has 2 aliphatic rings. The average Bonchev–Trinajstić information content (AvgIpc) is 2.69. The standard InChI is InChI=1S/C13H16N2O2/c14-11-3-1-2-9-8-15(13(16)12(9)11)10-4-6-17-7-5-10/h1-3,10H,4-8,14H2. The molecule has 0 aromatic heterocycles. The van der Waals surface area contributed by atoms with E-state index in [0.29, 0.717) is 23.8 Å². The number of anilines is 1. The van der Waals surface area contributed by atoms with Crippen LogP contribution in [0.1, 0.15) is 28.8 Å². The molecule has 0 aliphatic carbocycles. The minimum atomic E-state index is 0.0880. The summed E-state index contributed by atoms with van der Waals surface area (Å²) in [5.74, 6) is 0.0880. The predicted molar refractivity (Wildman–Crippen MR) is 64.6 cm³/mol. The van der Waals surface area contributed by atoms with Gasteiger partial charge in [-0.25, -0.2) is 0 Å². The number of carbonyl (C=O) groups is 1. The minimum absolute atomic E-state index is 0.0880. The molecule has 4 heteroatoms. The monoisotopic (exact) mass is 232 g/mol. The van der Waals surface area contributed by atoms with Gasteiger partial charge in [-0.2, -0.15) is 0 Å². The van der Waals surface area contributed by atoms with E-state index in [9.17, 15) is 4.79 Å². The molecule has 0 unspecified atom stereocenters. The summed E-state index contributed by atoms with van der Waals surface area (Å²) in [4.78, 5) is 14.3. The molecule has 0 bridgehead atoms. The Hall–Kier alpha value is -1.55. The van der Waals surface area contributed by atoms with Crippen molar-refractivity contribution in [3.63, 3.8) is 0 Å². The number of nitrogens with two attached hydrogens (primary N) is 1. The van der Waals surface area contributed by atoms with E-state index in [4.69, 9.17) is 10.5 Å². The third-order valence-corrected chi connectivity index (χ3v) is 3.63. The van der Waals surface area contributed by atoms with Crippen molar-refractivity contribution >= 4 is 11.6 Å². The van der Waals surface area contributed by atoms with Gasteiger partial charge in [-0.3, -0.25) is 4.79 Å². The molecule has 1 fully saturated rings. The van der Waals surface area contributed by atoms with Crippen molar-refractivity contribution in [3.8, 4) is 0 Å². The number of hydrogen-bond acceptors (Lipinski definition) is 3. The van der Waals surface area contributed by atoms with Crippen LogP contribution in [0.5, 0.6) is 0 Å². The molecule has 0 saturated carbocycles. The van der Waals surface area contributed by atoms with Gasteiger partial charge in [0.2, 0.25) is 0 Å². The van der Waals surface area contributed by atoms with E-state index in [0.717, 1.165) is 31.6 Å². The summed E-state index contributed by atoms with van der Waals surface area (Å²) < 4.78 is 5.33. The lowest BCUT2D eigenvalue weighted by Gasteiger charge is -2.30. The van der Waals surface area contributed by atoms with Crippen molar-refractivity contribution in [1.82, 2.24) is 4.90 Å². The average molecular weight is 232 g/mol. The predicted octanol–water partition coefficient (Wildman–Crippen LogP) is 1.40. The zero-order valence-electron chi connectivity index (χ0n) is 9.69. The Balaban J connectivity index is 1.88. The molecule has 1 amide bonds. The molecule has 3 rings (SSSR count). The summed E-state index contributed by atoms with van der Waals surface area (Å²) in [6.07, 6.45) is 1.86. The molecule has 0 atom stereocenters. The number of benzene rings is 1. The number of rotatable bonds is 1. The molecular formula is C13H16N2O2. The van der Waals surface area contributed by atoms with E-state index < -0.39 is 0 Å². The van der Waals surface area contributed by atoms with Crippen LogP contribution in [-0.2, 0) is 11.3 Å². The Labute approximate surface area is 100 Å². The number of hydrogen-bond donors (Lipinski definition) is 1. The van der Waals surface area contributed by atoms with Crippen LogP contribution in [-0.4, -0.2) is 30.1 Å². The van der Waals surface area contributed by atoms with Gasteiger partial charge in [-0.05, 0) is 24.5 Å². The number of nitrogen functional groups attached to an aromatic ring is 1. The molecule has 2 aliphatic heterocycles. The fraction of sp³-hybridized carbons (Fsp3) is 0.462. The van der Waals surface area contributed by atoms with Crippen molar-refractivity contribution < 1.29 is 9.53 Å². The molecule has 1 aromatic rings. The van der Waals surface area contributed by atoms with Gasteiger partial charge >= 0.3 is 0 Å². The lowest BCUT2D eigenvalue weighted by atomic mass is 10.1. The maximum atomic E-state index is 12.3. The van der Waals surface area contributed by atoms with Gasteiger partial charge in [0.05, 0.1) is 5.56 Å². The number of nitrogens with zero attached hydrogens (tertiary/aromatic N) is 1. The number of carbonyl (C=O) groups excluding carboxylic acids is 1. The van der Waals surface area contributed by atoms with E-state index in [-0.39, 0.29) is 5.91 Å². The Kier molecular flexibility index (Phi) is 2.52. The Morgan fingerprint density at radius 1 is 1.29 bits per heavy atom. The van der Waals surface area contributed by atoms with E-state index in [1.54, 1.807) is 6.07 Å². The maximum absolute atomic E-state index is 12.3. The molecule has 2 N–H and O–H groups in total. The van der Waals surface area contributed by atoms with Crippen LogP contribution in [0.4, 0.5) is 5.69 Å². The van der Waals surface area contributed by atoms with Crippen molar-refractivity contribution in [2.75, 3.05) is 18.9 Å². The van der Waals surface area contributed by atoms with Crippen molar-refractivity contribution in [2.45, 2.75) is 25.4 Å². The highest BCUT2D eigenvalue weighted by Crippen LogP contribution is 2.31. The van der Waals surface area contributed by atoms with E-state index >= 15 is 0 Å². The van der Waals surface area contributed by atoms with Gasteiger partial charge in [0, 0.05) is 31.5 Å². The molecule has 0 spiro atoms. The third-order valence-electron chi connectivity index (χ3n) is 3.63. The zero-order chi connectivity index (χ0) is 11.8. The molecular weight excluding hydrogens is 216 g/mol. The van der Waals surface area contributed by atoms with Crippen LogP contribution >= 0.6 is 0 Å². The van der Waals surface area contributed by atoms with Crippen LogP contribution in [0.15, 0.2) is 18.2 Å². The van der Waals surface area contributed by atoms with Crippen LogP contribution in [0, 0.1) is 0 Å². The summed E-state index contributed by atoms with van der Waals surface area (Å²) >= 11 is 0.